The summed E-state index contributed by atoms with van der Waals surface area (Å²) in [5.74, 6) is 0. The van der Waals surface area contributed by atoms with Crippen molar-refractivity contribution in [2.45, 2.75) is 57.3 Å². The Balaban J connectivity index is 1.77. The van der Waals surface area contributed by atoms with E-state index in [4.69, 9.17) is 5.11 Å². The molecule has 0 aromatic carbocycles. The summed E-state index contributed by atoms with van der Waals surface area (Å²) in [6, 6.07) is 2.68. The monoisotopic (exact) mass is 265 g/mol. The molecule has 1 aliphatic carbocycles. The first-order valence-electron chi connectivity index (χ1n) is 7.37. The van der Waals surface area contributed by atoms with Gasteiger partial charge in [-0.05, 0) is 25.3 Å². The van der Waals surface area contributed by atoms with Crippen LogP contribution in [0.3, 0.4) is 0 Å². The van der Waals surface area contributed by atoms with Gasteiger partial charge in [-0.1, -0.05) is 12.8 Å². The Labute approximate surface area is 113 Å². The average molecular weight is 265 g/mol. The lowest BCUT2D eigenvalue weighted by molar-refractivity contribution is 0.0916. The number of nitrogens with zero attached hydrogens (tertiary/aromatic N) is 3. The van der Waals surface area contributed by atoms with Crippen LogP contribution >= 0.6 is 0 Å². The molecule has 0 spiro atoms. The lowest BCUT2D eigenvalue weighted by Crippen LogP contribution is -2.32. The van der Waals surface area contributed by atoms with Gasteiger partial charge in [0.1, 0.15) is 6.10 Å². The third-order valence-corrected chi connectivity index (χ3v) is 4.42. The lowest BCUT2D eigenvalue weighted by Gasteiger charge is -2.26. The van der Waals surface area contributed by atoms with E-state index in [9.17, 15) is 5.11 Å². The highest BCUT2D eigenvalue weighted by Crippen LogP contribution is 2.27. The molecule has 0 radical (unpaired) electrons. The van der Waals surface area contributed by atoms with Gasteiger partial charge in [0.05, 0.1) is 18.0 Å². The number of aromatic nitrogens is 2. The third-order valence-electron chi connectivity index (χ3n) is 4.42. The van der Waals surface area contributed by atoms with Crippen LogP contribution < -0.4 is 0 Å². The van der Waals surface area contributed by atoms with Crippen LogP contribution in [-0.4, -0.2) is 44.1 Å². The molecular formula is C14H23N3O2. The van der Waals surface area contributed by atoms with Crippen LogP contribution in [0.2, 0.25) is 0 Å². The van der Waals surface area contributed by atoms with E-state index in [-0.39, 0.29) is 6.61 Å². The van der Waals surface area contributed by atoms with Crippen molar-refractivity contribution in [1.29, 1.82) is 0 Å². The minimum Gasteiger partial charge on any atom is -0.393 e. The molecule has 1 unspecified atom stereocenters. The minimum absolute atomic E-state index is 0.261. The lowest BCUT2D eigenvalue weighted by atomic mass is 10.2. The van der Waals surface area contributed by atoms with Crippen LogP contribution in [0.15, 0.2) is 6.07 Å². The smallest absolute Gasteiger partial charge is 0.121 e. The van der Waals surface area contributed by atoms with Crippen LogP contribution in [0.5, 0.6) is 0 Å². The largest absolute Gasteiger partial charge is 0.393 e. The minimum atomic E-state index is -0.848. The molecule has 0 amide bonds. The van der Waals surface area contributed by atoms with Crippen molar-refractivity contribution in [3.63, 3.8) is 0 Å². The summed E-state index contributed by atoms with van der Waals surface area (Å²) in [6.07, 6.45) is 5.61. The molecule has 19 heavy (non-hydrogen) atoms. The second kappa shape index (κ2) is 5.61. The zero-order chi connectivity index (χ0) is 13.2. The van der Waals surface area contributed by atoms with Crippen LogP contribution in [0.1, 0.15) is 49.6 Å². The van der Waals surface area contributed by atoms with E-state index in [1.807, 2.05) is 10.7 Å². The topological polar surface area (TPSA) is 61.5 Å². The molecular weight excluding hydrogens is 242 g/mol. The first kappa shape index (κ1) is 13.1. The van der Waals surface area contributed by atoms with Crippen LogP contribution in [0.4, 0.5) is 0 Å². The van der Waals surface area contributed by atoms with Crippen molar-refractivity contribution >= 4 is 0 Å². The Bertz CT molecular complexity index is 426. The number of hydrogen-bond donors (Lipinski definition) is 2. The normalized spacial score (nSPS) is 23.3. The number of aliphatic hydroxyl groups excluding tert-OH is 2. The first-order valence-corrected chi connectivity index (χ1v) is 7.37. The van der Waals surface area contributed by atoms with Gasteiger partial charge in [0.25, 0.3) is 0 Å². The number of aryl methyl sites for hydroxylation is 1. The summed E-state index contributed by atoms with van der Waals surface area (Å²) in [4.78, 5) is 2.57. The van der Waals surface area contributed by atoms with Gasteiger partial charge >= 0.3 is 0 Å². The molecule has 1 aromatic rings. The maximum absolute atomic E-state index is 9.69. The summed E-state index contributed by atoms with van der Waals surface area (Å²) in [5, 5.41) is 23.1. The Kier molecular flexibility index (Phi) is 3.86. The summed E-state index contributed by atoms with van der Waals surface area (Å²) in [5.41, 5.74) is 1.78. The van der Waals surface area contributed by atoms with E-state index < -0.39 is 6.10 Å². The predicted molar refractivity (Wildman–Crippen MR) is 71.6 cm³/mol. The van der Waals surface area contributed by atoms with Crippen molar-refractivity contribution in [2.75, 3.05) is 13.2 Å². The molecule has 0 bridgehead atoms. The molecule has 1 atom stereocenters. The predicted octanol–water partition coefficient (Wildman–Crippen LogP) is 1.06. The molecule has 0 saturated heterocycles. The highest BCUT2D eigenvalue weighted by molar-refractivity contribution is 5.14. The molecule has 5 nitrogen and oxygen atoms in total. The number of hydrogen-bond acceptors (Lipinski definition) is 4. The quantitative estimate of drug-likeness (QED) is 0.858. The fraction of sp³-hybridized carbons (Fsp3) is 0.786. The maximum Gasteiger partial charge on any atom is 0.121 e. The van der Waals surface area contributed by atoms with Gasteiger partial charge in [0.2, 0.25) is 0 Å². The fourth-order valence-corrected chi connectivity index (χ4v) is 3.35. The zero-order valence-corrected chi connectivity index (χ0v) is 11.3. The van der Waals surface area contributed by atoms with Crippen LogP contribution in [0, 0.1) is 0 Å². The number of aliphatic hydroxyl groups is 2. The first-order chi connectivity index (χ1) is 9.28. The molecule has 106 valence electrons. The van der Waals surface area contributed by atoms with E-state index in [0.717, 1.165) is 32.1 Å². The van der Waals surface area contributed by atoms with E-state index in [1.54, 1.807) is 0 Å². The fourth-order valence-electron chi connectivity index (χ4n) is 3.35. The van der Waals surface area contributed by atoms with Crippen molar-refractivity contribution in [1.82, 2.24) is 14.7 Å². The summed E-state index contributed by atoms with van der Waals surface area (Å²) >= 11 is 0. The second-order valence-electron chi connectivity index (χ2n) is 5.74. The van der Waals surface area contributed by atoms with Gasteiger partial charge in [0, 0.05) is 25.7 Å². The number of fused-ring (bicyclic) bond motifs is 1. The molecule has 1 aromatic heterocycles. The summed E-state index contributed by atoms with van der Waals surface area (Å²) in [7, 11) is 0. The van der Waals surface area contributed by atoms with Crippen molar-refractivity contribution in [2.24, 2.45) is 0 Å². The SMILES string of the molecule is OCC(O)c1cc2n(n1)CCCN(C1CCCC1)C2. The molecule has 2 N–H and O–H groups in total. The number of rotatable bonds is 3. The summed E-state index contributed by atoms with van der Waals surface area (Å²) < 4.78 is 2.00. The molecule has 2 heterocycles. The molecule has 1 saturated carbocycles. The summed E-state index contributed by atoms with van der Waals surface area (Å²) in [6.45, 7) is 2.72. The Morgan fingerprint density at radius 3 is 2.79 bits per heavy atom. The van der Waals surface area contributed by atoms with E-state index in [2.05, 4.69) is 10.00 Å². The van der Waals surface area contributed by atoms with Crippen molar-refractivity contribution in [3.8, 4) is 0 Å². The standard InChI is InChI=1S/C14H23N3O2/c18-10-14(19)13-8-12-9-16(11-4-1-2-5-11)6-3-7-17(12)15-13/h8,11,14,18-19H,1-7,9-10H2. The van der Waals surface area contributed by atoms with E-state index in [0.29, 0.717) is 5.69 Å². The molecule has 1 aliphatic heterocycles. The third kappa shape index (κ3) is 2.68. The Morgan fingerprint density at radius 1 is 1.26 bits per heavy atom. The van der Waals surface area contributed by atoms with Gasteiger partial charge in [-0.2, -0.15) is 5.10 Å². The zero-order valence-electron chi connectivity index (χ0n) is 11.3. The Hall–Kier alpha value is -0.910. The highest BCUT2D eigenvalue weighted by atomic mass is 16.3. The van der Waals surface area contributed by atoms with Crippen molar-refractivity contribution < 1.29 is 10.2 Å². The molecule has 3 rings (SSSR count). The van der Waals surface area contributed by atoms with Gasteiger partial charge in [-0.15, -0.1) is 0 Å². The molecule has 2 aliphatic rings. The van der Waals surface area contributed by atoms with E-state index >= 15 is 0 Å². The van der Waals surface area contributed by atoms with Crippen molar-refractivity contribution in [3.05, 3.63) is 17.5 Å². The second-order valence-corrected chi connectivity index (χ2v) is 5.74. The van der Waals surface area contributed by atoms with Crippen LogP contribution in [0.25, 0.3) is 0 Å². The van der Waals surface area contributed by atoms with Gasteiger partial charge < -0.3 is 10.2 Å². The van der Waals surface area contributed by atoms with E-state index in [1.165, 1.54) is 31.4 Å². The van der Waals surface area contributed by atoms with Gasteiger partial charge in [-0.3, -0.25) is 9.58 Å². The molecule has 1 fully saturated rings. The average Bonchev–Trinajstić information content (AvgIpc) is 3.04. The Morgan fingerprint density at radius 2 is 2.05 bits per heavy atom. The van der Waals surface area contributed by atoms with Gasteiger partial charge in [0.15, 0.2) is 0 Å². The van der Waals surface area contributed by atoms with Crippen LogP contribution in [-0.2, 0) is 13.1 Å². The molecule has 5 heteroatoms. The highest BCUT2D eigenvalue weighted by Gasteiger charge is 2.26. The maximum atomic E-state index is 9.69. The van der Waals surface area contributed by atoms with Gasteiger partial charge in [-0.25, -0.2) is 0 Å².